The van der Waals surface area contributed by atoms with E-state index in [9.17, 15) is 0 Å². The molecule has 0 saturated carbocycles. The molecule has 0 radical (unpaired) electrons. The molecule has 0 aliphatic rings. The van der Waals surface area contributed by atoms with Crippen molar-refractivity contribution < 1.29 is 0 Å². The van der Waals surface area contributed by atoms with Gasteiger partial charge in [-0.1, -0.05) is 31.2 Å². The van der Waals surface area contributed by atoms with E-state index in [1.807, 2.05) is 30.2 Å². The number of pyridine rings is 1. The fourth-order valence-corrected chi connectivity index (χ4v) is 2.52. The molecule has 0 spiro atoms. The van der Waals surface area contributed by atoms with Gasteiger partial charge < -0.3 is 9.88 Å². The van der Waals surface area contributed by atoms with Gasteiger partial charge in [-0.3, -0.25) is 4.98 Å². The standard InChI is InChI=1S/C16H18N4/c1-3-17-16(14-10-20(2)11-19-14)13-8-4-6-12-7-5-9-18-15(12)13/h4-11,16-17H,3H2,1-2H3. The van der Waals surface area contributed by atoms with Crippen LogP contribution in [0.15, 0.2) is 49.1 Å². The highest BCUT2D eigenvalue weighted by atomic mass is 15.0. The van der Waals surface area contributed by atoms with Gasteiger partial charge in [0.15, 0.2) is 0 Å². The zero-order chi connectivity index (χ0) is 13.9. The van der Waals surface area contributed by atoms with Crippen molar-refractivity contribution in [1.29, 1.82) is 0 Å². The Labute approximate surface area is 118 Å². The first kappa shape index (κ1) is 12.8. The Bertz CT molecular complexity index is 712. The number of hydrogen-bond acceptors (Lipinski definition) is 3. The van der Waals surface area contributed by atoms with Crippen molar-refractivity contribution in [3.05, 3.63) is 60.3 Å². The monoisotopic (exact) mass is 266 g/mol. The summed E-state index contributed by atoms with van der Waals surface area (Å²) in [7, 11) is 1.99. The molecule has 20 heavy (non-hydrogen) atoms. The summed E-state index contributed by atoms with van der Waals surface area (Å²) in [5.74, 6) is 0. The SMILES string of the molecule is CCNC(c1cn(C)cn1)c1cccc2cccnc12. The summed E-state index contributed by atoms with van der Waals surface area (Å²) in [5, 5.41) is 4.66. The Morgan fingerprint density at radius 1 is 1.20 bits per heavy atom. The number of aromatic nitrogens is 3. The lowest BCUT2D eigenvalue weighted by atomic mass is 10.0. The Kier molecular flexibility index (Phi) is 3.48. The summed E-state index contributed by atoms with van der Waals surface area (Å²) in [6, 6.07) is 10.4. The summed E-state index contributed by atoms with van der Waals surface area (Å²) < 4.78 is 1.97. The summed E-state index contributed by atoms with van der Waals surface area (Å²) >= 11 is 0. The third-order valence-corrected chi connectivity index (χ3v) is 3.40. The first-order valence-electron chi connectivity index (χ1n) is 6.84. The lowest BCUT2D eigenvalue weighted by Crippen LogP contribution is -2.22. The predicted octanol–water partition coefficient (Wildman–Crippen LogP) is 2.67. The van der Waals surface area contributed by atoms with Gasteiger partial charge in [-0.2, -0.15) is 0 Å². The highest BCUT2D eigenvalue weighted by molar-refractivity contribution is 5.82. The number of aryl methyl sites for hydroxylation is 1. The molecule has 0 aliphatic carbocycles. The molecule has 1 atom stereocenters. The van der Waals surface area contributed by atoms with E-state index in [1.165, 1.54) is 5.56 Å². The molecule has 2 aromatic heterocycles. The molecule has 1 aromatic carbocycles. The van der Waals surface area contributed by atoms with E-state index in [4.69, 9.17) is 0 Å². The number of imidazole rings is 1. The highest BCUT2D eigenvalue weighted by Crippen LogP contribution is 2.26. The van der Waals surface area contributed by atoms with E-state index >= 15 is 0 Å². The van der Waals surface area contributed by atoms with Crippen molar-refractivity contribution in [3.8, 4) is 0 Å². The van der Waals surface area contributed by atoms with Crippen LogP contribution in [0, 0.1) is 0 Å². The summed E-state index contributed by atoms with van der Waals surface area (Å²) in [5.41, 5.74) is 3.22. The highest BCUT2D eigenvalue weighted by Gasteiger charge is 2.18. The van der Waals surface area contributed by atoms with Crippen molar-refractivity contribution in [1.82, 2.24) is 19.9 Å². The van der Waals surface area contributed by atoms with E-state index in [2.05, 4.69) is 52.7 Å². The molecular weight excluding hydrogens is 248 g/mol. The molecule has 0 amide bonds. The third kappa shape index (κ3) is 2.30. The Balaban J connectivity index is 2.14. The van der Waals surface area contributed by atoms with Crippen molar-refractivity contribution in [2.75, 3.05) is 6.54 Å². The number of fused-ring (bicyclic) bond motifs is 1. The van der Waals surface area contributed by atoms with Gasteiger partial charge in [0, 0.05) is 30.4 Å². The molecule has 102 valence electrons. The quantitative estimate of drug-likeness (QED) is 0.789. The summed E-state index contributed by atoms with van der Waals surface area (Å²) in [4.78, 5) is 9.03. The Morgan fingerprint density at radius 3 is 2.80 bits per heavy atom. The number of benzene rings is 1. The number of nitrogens with one attached hydrogen (secondary N) is 1. The van der Waals surface area contributed by atoms with E-state index in [0.717, 1.165) is 23.1 Å². The van der Waals surface area contributed by atoms with Crippen LogP contribution in [0.2, 0.25) is 0 Å². The Morgan fingerprint density at radius 2 is 2.05 bits per heavy atom. The van der Waals surface area contributed by atoms with Gasteiger partial charge in [0.1, 0.15) is 0 Å². The van der Waals surface area contributed by atoms with Crippen LogP contribution in [0.5, 0.6) is 0 Å². The van der Waals surface area contributed by atoms with Gasteiger partial charge in [-0.25, -0.2) is 4.98 Å². The summed E-state index contributed by atoms with van der Waals surface area (Å²) in [6.45, 7) is 2.99. The van der Waals surface area contributed by atoms with Gasteiger partial charge in [0.2, 0.25) is 0 Å². The lowest BCUT2D eigenvalue weighted by Gasteiger charge is -2.17. The first-order chi connectivity index (χ1) is 9.79. The van der Waals surface area contributed by atoms with Crippen molar-refractivity contribution >= 4 is 10.9 Å². The van der Waals surface area contributed by atoms with Gasteiger partial charge in [-0.15, -0.1) is 0 Å². The minimum atomic E-state index is 0.0693. The van der Waals surface area contributed by atoms with Gasteiger partial charge >= 0.3 is 0 Å². The smallest absolute Gasteiger partial charge is 0.0947 e. The maximum Gasteiger partial charge on any atom is 0.0947 e. The molecule has 0 bridgehead atoms. The number of nitrogens with zero attached hydrogens (tertiary/aromatic N) is 3. The van der Waals surface area contributed by atoms with Crippen LogP contribution in [-0.2, 0) is 7.05 Å². The maximum atomic E-state index is 4.54. The van der Waals surface area contributed by atoms with Crippen LogP contribution in [-0.4, -0.2) is 21.1 Å². The lowest BCUT2D eigenvalue weighted by molar-refractivity contribution is 0.620. The molecular formula is C16H18N4. The fourth-order valence-electron chi connectivity index (χ4n) is 2.52. The summed E-state index contributed by atoms with van der Waals surface area (Å²) in [6.07, 6.45) is 5.72. The second-order valence-corrected chi connectivity index (χ2v) is 4.88. The number of para-hydroxylation sites is 1. The second-order valence-electron chi connectivity index (χ2n) is 4.88. The number of hydrogen-bond donors (Lipinski definition) is 1. The predicted molar refractivity (Wildman–Crippen MR) is 80.5 cm³/mol. The average molecular weight is 266 g/mol. The van der Waals surface area contributed by atoms with Crippen LogP contribution in [0.4, 0.5) is 0 Å². The molecule has 0 aliphatic heterocycles. The van der Waals surface area contributed by atoms with Gasteiger partial charge in [0.05, 0.1) is 23.6 Å². The van der Waals surface area contributed by atoms with E-state index in [0.29, 0.717) is 0 Å². The third-order valence-electron chi connectivity index (χ3n) is 3.40. The minimum Gasteiger partial charge on any atom is -0.340 e. The van der Waals surface area contributed by atoms with Crippen LogP contribution >= 0.6 is 0 Å². The van der Waals surface area contributed by atoms with Gasteiger partial charge in [-0.05, 0) is 12.6 Å². The number of rotatable bonds is 4. The molecule has 0 saturated heterocycles. The van der Waals surface area contributed by atoms with Crippen LogP contribution in [0.25, 0.3) is 10.9 Å². The molecule has 3 aromatic rings. The normalized spacial score (nSPS) is 12.7. The van der Waals surface area contributed by atoms with Crippen LogP contribution in [0.1, 0.15) is 24.2 Å². The average Bonchev–Trinajstić information content (AvgIpc) is 2.91. The molecule has 2 heterocycles. The largest absolute Gasteiger partial charge is 0.340 e. The van der Waals surface area contributed by atoms with Crippen molar-refractivity contribution in [2.24, 2.45) is 7.05 Å². The second kappa shape index (κ2) is 5.43. The zero-order valence-electron chi connectivity index (χ0n) is 11.7. The molecule has 4 nitrogen and oxygen atoms in total. The molecule has 1 unspecified atom stereocenters. The topological polar surface area (TPSA) is 42.7 Å². The van der Waals surface area contributed by atoms with E-state index < -0.39 is 0 Å². The zero-order valence-corrected chi connectivity index (χ0v) is 11.7. The van der Waals surface area contributed by atoms with Crippen molar-refractivity contribution in [2.45, 2.75) is 13.0 Å². The van der Waals surface area contributed by atoms with Crippen LogP contribution in [0.3, 0.4) is 0 Å². The Hall–Kier alpha value is -2.20. The first-order valence-corrected chi connectivity index (χ1v) is 6.84. The van der Waals surface area contributed by atoms with E-state index in [1.54, 1.807) is 0 Å². The molecule has 3 rings (SSSR count). The van der Waals surface area contributed by atoms with Crippen molar-refractivity contribution in [3.63, 3.8) is 0 Å². The minimum absolute atomic E-state index is 0.0693. The molecule has 1 N–H and O–H groups in total. The fraction of sp³-hybridized carbons (Fsp3) is 0.250. The molecule has 0 fully saturated rings. The van der Waals surface area contributed by atoms with Crippen LogP contribution < -0.4 is 5.32 Å². The van der Waals surface area contributed by atoms with Gasteiger partial charge in [0.25, 0.3) is 0 Å². The van der Waals surface area contributed by atoms with E-state index in [-0.39, 0.29) is 6.04 Å². The maximum absolute atomic E-state index is 4.54. The molecule has 4 heteroatoms.